The summed E-state index contributed by atoms with van der Waals surface area (Å²) in [6, 6.07) is 18.9. The molecule has 0 bridgehead atoms. The Hall–Kier alpha value is -3.18. The third kappa shape index (κ3) is 2.29. The molecule has 4 aromatic rings. The maximum atomic E-state index is 13.0. The van der Waals surface area contributed by atoms with Crippen LogP contribution in [0.5, 0.6) is 0 Å². The molecule has 138 valence electrons. The van der Waals surface area contributed by atoms with Gasteiger partial charge in [-0.15, -0.1) is 0 Å². The predicted molar refractivity (Wildman–Crippen MR) is 109 cm³/mol. The summed E-state index contributed by atoms with van der Waals surface area (Å²) in [4.78, 5) is 5.26. The van der Waals surface area contributed by atoms with Crippen molar-refractivity contribution in [2.24, 2.45) is 0 Å². The van der Waals surface area contributed by atoms with Crippen molar-refractivity contribution in [2.75, 3.05) is 0 Å². The second-order valence-corrected chi connectivity index (χ2v) is 8.96. The van der Waals surface area contributed by atoms with Crippen molar-refractivity contribution in [1.82, 2.24) is 9.55 Å². The number of sulfone groups is 1. The van der Waals surface area contributed by atoms with Gasteiger partial charge in [-0.1, -0.05) is 48.5 Å². The highest BCUT2D eigenvalue weighted by Crippen LogP contribution is 2.44. The van der Waals surface area contributed by atoms with E-state index in [2.05, 4.69) is 31.0 Å². The zero-order valence-corrected chi connectivity index (χ0v) is 16.4. The summed E-state index contributed by atoms with van der Waals surface area (Å²) >= 11 is 0. The van der Waals surface area contributed by atoms with Crippen molar-refractivity contribution in [3.63, 3.8) is 0 Å². The minimum Gasteiger partial charge on any atom is -0.299 e. The van der Waals surface area contributed by atoms with E-state index in [0.29, 0.717) is 9.79 Å². The van der Waals surface area contributed by atoms with Crippen molar-refractivity contribution in [2.45, 2.75) is 23.6 Å². The number of rotatable bonds is 2. The molecular weight excluding hydrogens is 368 g/mol. The fourth-order valence-corrected chi connectivity index (χ4v) is 5.74. The van der Waals surface area contributed by atoms with Gasteiger partial charge in [-0.3, -0.25) is 4.57 Å². The number of hydrogen-bond acceptors (Lipinski definition) is 3. The van der Waals surface area contributed by atoms with Gasteiger partial charge in [0, 0.05) is 29.1 Å². The molecule has 0 saturated carbocycles. The third-order valence-corrected chi connectivity index (χ3v) is 7.17. The molecule has 2 heterocycles. The van der Waals surface area contributed by atoms with Crippen LogP contribution in [0.4, 0.5) is 0 Å². The lowest BCUT2D eigenvalue weighted by atomic mass is 10.0. The Labute approximate surface area is 164 Å². The first-order valence-electron chi connectivity index (χ1n) is 9.07. The average molecular weight is 386 g/mol. The maximum absolute atomic E-state index is 13.0. The zero-order valence-electron chi connectivity index (χ0n) is 15.5. The molecule has 0 amide bonds. The number of aromatic nitrogens is 2. The summed E-state index contributed by atoms with van der Waals surface area (Å²) in [6.45, 7) is 4.13. The number of nitrogens with zero attached hydrogens (tertiary/aromatic N) is 2. The van der Waals surface area contributed by atoms with Gasteiger partial charge in [-0.2, -0.15) is 0 Å². The van der Waals surface area contributed by atoms with E-state index in [1.807, 2.05) is 41.1 Å². The van der Waals surface area contributed by atoms with Gasteiger partial charge >= 0.3 is 0 Å². The summed E-state index contributed by atoms with van der Waals surface area (Å²) in [5.74, 6) is 0.728. The molecule has 0 atom stereocenters. The Morgan fingerprint density at radius 2 is 1.54 bits per heavy atom. The fraction of sp³-hybridized carbons (Fsp3) is 0.0870. The van der Waals surface area contributed by atoms with Crippen LogP contribution in [-0.2, 0) is 9.84 Å². The first kappa shape index (κ1) is 17.0. The summed E-state index contributed by atoms with van der Waals surface area (Å²) < 4.78 is 28.1. The summed E-state index contributed by atoms with van der Waals surface area (Å²) in [7, 11) is -3.51. The summed E-state index contributed by atoms with van der Waals surface area (Å²) in [5, 5.41) is 0. The van der Waals surface area contributed by atoms with E-state index in [0.717, 1.165) is 39.3 Å². The molecule has 5 heteroatoms. The van der Waals surface area contributed by atoms with Crippen LogP contribution in [0.25, 0.3) is 28.2 Å². The number of para-hydroxylation sites is 1. The Morgan fingerprint density at radius 3 is 2.32 bits per heavy atom. The zero-order chi connectivity index (χ0) is 19.5. The molecule has 0 unspecified atom stereocenters. The minimum atomic E-state index is -3.51. The van der Waals surface area contributed by atoms with Crippen molar-refractivity contribution < 1.29 is 8.42 Å². The normalized spacial score (nSPS) is 13.9. The smallest absolute Gasteiger partial charge is 0.207 e. The van der Waals surface area contributed by atoms with E-state index in [-0.39, 0.29) is 0 Å². The number of imidazole rings is 1. The molecule has 1 aliphatic heterocycles. The molecule has 28 heavy (non-hydrogen) atoms. The van der Waals surface area contributed by atoms with Crippen LogP contribution >= 0.6 is 0 Å². The summed E-state index contributed by atoms with van der Waals surface area (Å²) in [6.07, 6.45) is 3.67. The SMILES string of the molecule is Cc1cccc(C)c1-n1ccnc1-c1ccc2c(c1)S(=O)(=O)c1ccccc1-2. The lowest BCUT2D eigenvalue weighted by Gasteiger charge is -2.14. The predicted octanol–water partition coefficient (Wildman–Crippen LogP) is 4.97. The van der Waals surface area contributed by atoms with Crippen LogP contribution in [0.1, 0.15) is 11.1 Å². The van der Waals surface area contributed by atoms with Crippen molar-refractivity contribution in [3.8, 4) is 28.2 Å². The highest BCUT2D eigenvalue weighted by molar-refractivity contribution is 7.92. The molecule has 1 aliphatic rings. The molecule has 0 saturated heterocycles. The van der Waals surface area contributed by atoms with Crippen molar-refractivity contribution >= 4 is 9.84 Å². The molecule has 0 N–H and O–H groups in total. The Bertz CT molecular complexity index is 1330. The molecular formula is C23H18N2O2S. The van der Waals surface area contributed by atoms with E-state index < -0.39 is 9.84 Å². The van der Waals surface area contributed by atoms with Gasteiger partial charge in [0.1, 0.15) is 5.82 Å². The fourth-order valence-electron chi connectivity index (χ4n) is 4.03. The monoisotopic (exact) mass is 386 g/mol. The largest absolute Gasteiger partial charge is 0.299 e. The average Bonchev–Trinajstić information content (AvgIpc) is 3.24. The second kappa shape index (κ2) is 5.91. The van der Waals surface area contributed by atoms with Crippen LogP contribution in [0, 0.1) is 13.8 Å². The first-order chi connectivity index (χ1) is 13.5. The van der Waals surface area contributed by atoms with Crippen LogP contribution < -0.4 is 0 Å². The molecule has 1 aromatic heterocycles. The molecule has 5 rings (SSSR count). The molecule has 4 nitrogen and oxygen atoms in total. The van der Waals surface area contributed by atoms with Gasteiger partial charge in [-0.05, 0) is 37.1 Å². The Balaban J connectivity index is 1.72. The van der Waals surface area contributed by atoms with Crippen LogP contribution in [0.15, 0.2) is 82.8 Å². The molecule has 0 spiro atoms. The van der Waals surface area contributed by atoms with E-state index >= 15 is 0 Å². The van der Waals surface area contributed by atoms with Crippen LogP contribution in [-0.4, -0.2) is 18.0 Å². The van der Waals surface area contributed by atoms with Crippen LogP contribution in [0.3, 0.4) is 0 Å². The number of aryl methyl sites for hydroxylation is 2. The third-order valence-electron chi connectivity index (χ3n) is 5.32. The van der Waals surface area contributed by atoms with Gasteiger partial charge in [0.2, 0.25) is 9.84 Å². The van der Waals surface area contributed by atoms with E-state index in [4.69, 9.17) is 0 Å². The number of benzene rings is 3. The Morgan fingerprint density at radius 1 is 0.821 bits per heavy atom. The maximum Gasteiger partial charge on any atom is 0.207 e. The molecule has 3 aromatic carbocycles. The second-order valence-electron chi connectivity index (χ2n) is 7.07. The lowest BCUT2D eigenvalue weighted by molar-refractivity contribution is 0.598. The first-order valence-corrected chi connectivity index (χ1v) is 10.6. The van der Waals surface area contributed by atoms with Gasteiger partial charge in [0.05, 0.1) is 15.5 Å². The standard InChI is InChI=1S/C23H18N2O2S/c1-15-6-5-7-16(2)22(15)25-13-12-24-23(25)17-10-11-19-18-8-3-4-9-20(18)28(26,27)21(19)14-17/h3-14H,1-2H3. The highest BCUT2D eigenvalue weighted by atomic mass is 32.2. The highest BCUT2D eigenvalue weighted by Gasteiger charge is 2.33. The van der Waals surface area contributed by atoms with Gasteiger partial charge in [0.25, 0.3) is 0 Å². The quantitative estimate of drug-likeness (QED) is 0.430. The summed E-state index contributed by atoms with van der Waals surface area (Å²) in [5.41, 5.74) is 5.65. The van der Waals surface area contributed by atoms with Gasteiger partial charge < -0.3 is 0 Å². The molecule has 0 aliphatic carbocycles. The van der Waals surface area contributed by atoms with E-state index in [9.17, 15) is 8.42 Å². The van der Waals surface area contributed by atoms with E-state index in [1.54, 1.807) is 24.4 Å². The van der Waals surface area contributed by atoms with Gasteiger partial charge in [-0.25, -0.2) is 13.4 Å². The number of fused-ring (bicyclic) bond motifs is 3. The van der Waals surface area contributed by atoms with Gasteiger partial charge in [0.15, 0.2) is 0 Å². The van der Waals surface area contributed by atoms with Crippen molar-refractivity contribution in [3.05, 3.63) is 84.2 Å². The van der Waals surface area contributed by atoms with Crippen LogP contribution in [0.2, 0.25) is 0 Å². The number of hydrogen-bond donors (Lipinski definition) is 0. The van der Waals surface area contributed by atoms with Crippen molar-refractivity contribution in [1.29, 1.82) is 0 Å². The lowest BCUT2D eigenvalue weighted by Crippen LogP contribution is -2.02. The topological polar surface area (TPSA) is 52.0 Å². The Kier molecular flexibility index (Phi) is 3.58. The minimum absolute atomic E-state index is 0.349. The van der Waals surface area contributed by atoms with E-state index in [1.165, 1.54) is 0 Å². The molecule has 0 fully saturated rings. The molecule has 0 radical (unpaired) electrons.